The van der Waals surface area contributed by atoms with Gasteiger partial charge in [-0.1, -0.05) is 44.7 Å². The number of benzene rings is 1. The van der Waals surface area contributed by atoms with Gasteiger partial charge < -0.3 is 4.74 Å². The molecule has 0 N–H and O–H groups in total. The third kappa shape index (κ3) is 5.78. The second-order valence-corrected chi connectivity index (χ2v) is 8.29. The molecule has 0 unspecified atom stereocenters. The maximum absolute atomic E-state index is 5.52. The standard InChI is InChI=1S/C18H28OS2/c1-3-5-6-7-8-15-13-20-18(21-14-15)16-9-11-17(12-10-16)19-4-2/h9-12,15,18H,3-8,13-14H2,1-2H3. The Labute approximate surface area is 138 Å². The zero-order valence-electron chi connectivity index (χ0n) is 13.3. The van der Waals surface area contributed by atoms with Crippen LogP contribution in [-0.4, -0.2) is 18.1 Å². The topological polar surface area (TPSA) is 9.23 Å². The molecule has 1 aliphatic heterocycles. The Bertz CT molecular complexity index is 383. The van der Waals surface area contributed by atoms with Gasteiger partial charge in [-0.25, -0.2) is 0 Å². The van der Waals surface area contributed by atoms with Gasteiger partial charge in [-0.15, -0.1) is 23.5 Å². The second kappa shape index (κ2) is 9.68. The van der Waals surface area contributed by atoms with E-state index in [-0.39, 0.29) is 0 Å². The van der Waals surface area contributed by atoms with E-state index in [1.165, 1.54) is 49.2 Å². The smallest absolute Gasteiger partial charge is 0.119 e. The molecule has 1 aromatic carbocycles. The maximum atomic E-state index is 5.52. The Hall–Kier alpha value is -0.280. The predicted octanol–water partition coefficient (Wildman–Crippen LogP) is 6.15. The Morgan fingerprint density at radius 2 is 1.71 bits per heavy atom. The highest BCUT2D eigenvalue weighted by Gasteiger charge is 2.23. The molecule has 118 valence electrons. The van der Waals surface area contributed by atoms with Gasteiger partial charge in [-0.05, 0) is 48.5 Å². The Morgan fingerprint density at radius 1 is 1.00 bits per heavy atom. The molecule has 1 heterocycles. The lowest BCUT2D eigenvalue weighted by molar-refractivity contribution is 0.340. The normalized spacial score (nSPS) is 22.2. The average molecular weight is 325 g/mol. The van der Waals surface area contributed by atoms with E-state index in [9.17, 15) is 0 Å². The van der Waals surface area contributed by atoms with E-state index in [4.69, 9.17) is 4.74 Å². The number of unbranched alkanes of at least 4 members (excludes halogenated alkanes) is 3. The van der Waals surface area contributed by atoms with E-state index in [0.29, 0.717) is 4.58 Å². The minimum absolute atomic E-state index is 0.618. The van der Waals surface area contributed by atoms with Crippen LogP contribution in [0.15, 0.2) is 24.3 Å². The second-order valence-electron chi connectivity index (χ2n) is 5.72. The fraction of sp³-hybridized carbons (Fsp3) is 0.667. The summed E-state index contributed by atoms with van der Waals surface area (Å²) in [5, 5.41) is 0. The van der Waals surface area contributed by atoms with Gasteiger partial charge in [-0.3, -0.25) is 0 Å². The van der Waals surface area contributed by atoms with Gasteiger partial charge >= 0.3 is 0 Å². The van der Waals surface area contributed by atoms with Crippen LogP contribution in [0.4, 0.5) is 0 Å². The van der Waals surface area contributed by atoms with Gasteiger partial charge in [0.15, 0.2) is 0 Å². The van der Waals surface area contributed by atoms with E-state index < -0.39 is 0 Å². The van der Waals surface area contributed by atoms with Gasteiger partial charge in [0.2, 0.25) is 0 Å². The Balaban J connectivity index is 1.73. The van der Waals surface area contributed by atoms with Crippen LogP contribution < -0.4 is 4.74 Å². The van der Waals surface area contributed by atoms with Crippen LogP contribution >= 0.6 is 23.5 Å². The van der Waals surface area contributed by atoms with Gasteiger partial charge in [-0.2, -0.15) is 0 Å². The number of thioether (sulfide) groups is 2. The summed E-state index contributed by atoms with van der Waals surface area (Å²) in [5.41, 5.74) is 1.44. The van der Waals surface area contributed by atoms with Crippen molar-refractivity contribution >= 4 is 23.5 Å². The summed E-state index contributed by atoms with van der Waals surface area (Å²) in [6.45, 7) is 5.06. The van der Waals surface area contributed by atoms with Crippen molar-refractivity contribution in [3.8, 4) is 5.75 Å². The SMILES string of the molecule is CCCCCCC1CSC(c2ccc(OCC)cc2)SC1. The van der Waals surface area contributed by atoms with E-state index in [2.05, 4.69) is 54.7 Å². The summed E-state index contributed by atoms with van der Waals surface area (Å²) in [4.78, 5) is 0. The van der Waals surface area contributed by atoms with Crippen molar-refractivity contribution in [3.05, 3.63) is 29.8 Å². The van der Waals surface area contributed by atoms with Gasteiger partial charge in [0.1, 0.15) is 5.75 Å². The Morgan fingerprint density at radius 3 is 2.33 bits per heavy atom. The van der Waals surface area contributed by atoms with Crippen molar-refractivity contribution in [1.29, 1.82) is 0 Å². The third-order valence-electron chi connectivity index (χ3n) is 3.90. The van der Waals surface area contributed by atoms with E-state index in [0.717, 1.165) is 18.3 Å². The van der Waals surface area contributed by atoms with E-state index in [1.807, 2.05) is 6.92 Å². The lowest BCUT2D eigenvalue weighted by Gasteiger charge is -2.28. The summed E-state index contributed by atoms with van der Waals surface area (Å²) in [7, 11) is 0. The maximum Gasteiger partial charge on any atom is 0.119 e. The summed E-state index contributed by atoms with van der Waals surface area (Å²) in [5.74, 6) is 4.57. The molecule has 0 aromatic heterocycles. The predicted molar refractivity (Wildman–Crippen MR) is 97.5 cm³/mol. The molecule has 1 aromatic rings. The molecule has 1 aliphatic rings. The fourth-order valence-corrected chi connectivity index (χ4v) is 5.82. The van der Waals surface area contributed by atoms with Crippen LogP contribution in [0.25, 0.3) is 0 Å². The molecule has 0 spiro atoms. The zero-order chi connectivity index (χ0) is 14.9. The molecule has 1 saturated heterocycles. The monoisotopic (exact) mass is 324 g/mol. The minimum atomic E-state index is 0.618. The lowest BCUT2D eigenvalue weighted by atomic mass is 10.0. The summed E-state index contributed by atoms with van der Waals surface area (Å²) >= 11 is 4.26. The number of rotatable bonds is 8. The first-order valence-corrected chi connectivity index (χ1v) is 10.4. The molecule has 2 rings (SSSR count). The van der Waals surface area contributed by atoms with Crippen LogP contribution in [0.2, 0.25) is 0 Å². The number of hydrogen-bond donors (Lipinski definition) is 0. The van der Waals surface area contributed by atoms with Gasteiger partial charge in [0.05, 0.1) is 11.2 Å². The van der Waals surface area contributed by atoms with Crippen LogP contribution in [0.5, 0.6) is 5.75 Å². The molecule has 0 amide bonds. The molecule has 1 fully saturated rings. The first kappa shape index (κ1) is 17.1. The van der Waals surface area contributed by atoms with Crippen molar-refractivity contribution in [1.82, 2.24) is 0 Å². The highest BCUT2D eigenvalue weighted by atomic mass is 32.2. The lowest BCUT2D eigenvalue weighted by Crippen LogP contribution is -2.14. The molecule has 3 heteroatoms. The molecule has 21 heavy (non-hydrogen) atoms. The van der Waals surface area contributed by atoms with Crippen molar-refractivity contribution in [2.24, 2.45) is 5.92 Å². The first-order valence-electron chi connectivity index (χ1n) is 8.29. The first-order chi connectivity index (χ1) is 10.3. The summed E-state index contributed by atoms with van der Waals surface area (Å²) in [6.07, 6.45) is 7.02. The highest BCUT2D eigenvalue weighted by molar-refractivity contribution is 8.16. The van der Waals surface area contributed by atoms with Crippen LogP contribution in [0.1, 0.15) is 56.1 Å². The molecule has 1 nitrogen and oxygen atoms in total. The van der Waals surface area contributed by atoms with Crippen molar-refractivity contribution in [2.75, 3.05) is 18.1 Å². The molecule has 0 atom stereocenters. The van der Waals surface area contributed by atoms with Crippen LogP contribution in [-0.2, 0) is 0 Å². The molecule has 0 bridgehead atoms. The molecular weight excluding hydrogens is 296 g/mol. The molecule has 0 saturated carbocycles. The largest absolute Gasteiger partial charge is 0.494 e. The highest BCUT2D eigenvalue weighted by Crippen LogP contribution is 2.46. The summed E-state index contributed by atoms with van der Waals surface area (Å²) < 4.78 is 6.13. The third-order valence-corrected chi connectivity index (χ3v) is 7.19. The quantitative estimate of drug-likeness (QED) is 0.531. The van der Waals surface area contributed by atoms with Gasteiger partial charge in [0, 0.05) is 0 Å². The van der Waals surface area contributed by atoms with Crippen molar-refractivity contribution in [3.63, 3.8) is 0 Å². The van der Waals surface area contributed by atoms with Crippen LogP contribution in [0.3, 0.4) is 0 Å². The number of ether oxygens (including phenoxy) is 1. The van der Waals surface area contributed by atoms with Crippen LogP contribution in [0, 0.1) is 5.92 Å². The molecule has 0 aliphatic carbocycles. The van der Waals surface area contributed by atoms with E-state index in [1.54, 1.807) is 0 Å². The van der Waals surface area contributed by atoms with Crippen molar-refractivity contribution < 1.29 is 4.74 Å². The molecule has 0 radical (unpaired) electrons. The zero-order valence-corrected chi connectivity index (χ0v) is 15.0. The van der Waals surface area contributed by atoms with E-state index >= 15 is 0 Å². The average Bonchev–Trinajstić information content (AvgIpc) is 2.53. The fourth-order valence-electron chi connectivity index (χ4n) is 2.65. The van der Waals surface area contributed by atoms with Crippen molar-refractivity contribution in [2.45, 2.75) is 50.5 Å². The van der Waals surface area contributed by atoms with Gasteiger partial charge in [0.25, 0.3) is 0 Å². The molecular formula is C18H28OS2. The summed E-state index contributed by atoms with van der Waals surface area (Å²) in [6, 6.07) is 8.68. The number of hydrogen-bond acceptors (Lipinski definition) is 3. The Kier molecular flexibility index (Phi) is 7.87. The minimum Gasteiger partial charge on any atom is -0.494 e.